The van der Waals surface area contributed by atoms with Crippen LogP contribution in [0.15, 0.2) is 42.9 Å². The molecule has 9 heteroatoms. The van der Waals surface area contributed by atoms with E-state index >= 15 is 0 Å². The van der Waals surface area contributed by atoms with Gasteiger partial charge in [-0.2, -0.15) is 0 Å². The number of pyridine rings is 1. The van der Waals surface area contributed by atoms with Gasteiger partial charge in [0.25, 0.3) is 0 Å². The van der Waals surface area contributed by atoms with Crippen LogP contribution in [0.4, 0.5) is 11.8 Å². The molecule has 0 saturated carbocycles. The van der Waals surface area contributed by atoms with E-state index in [2.05, 4.69) is 40.6 Å². The van der Waals surface area contributed by atoms with Crippen molar-refractivity contribution in [2.45, 2.75) is 26.7 Å². The number of anilines is 2. The molecule has 9 nitrogen and oxygen atoms in total. The number of nitrogens with zero attached hydrogens (tertiary/aromatic N) is 7. The summed E-state index contributed by atoms with van der Waals surface area (Å²) < 4.78 is 0. The minimum atomic E-state index is 0.280. The molecule has 0 aliphatic carbocycles. The van der Waals surface area contributed by atoms with Gasteiger partial charge in [0.15, 0.2) is 0 Å². The van der Waals surface area contributed by atoms with Gasteiger partial charge in [-0.1, -0.05) is 19.9 Å². The molecule has 0 aromatic carbocycles. The molecule has 2 saturated heterocycles. The van der Waals surface area contributed by atoms with E-state index in [0.29, 0.717) is 6.61 Å². The quantitative estimate of drug-likeness (QED) is 0.593. The summed E-state index contributed by atoms with van der Waals surface area (Å²) in [6.45, 7) is 14.7. The number of aliphatic hydroxyl groups is 2. The lowest BCUT2D eigenvalue weighted by Gasteiger charge is -2.35. The molecule has 0 spiro atoms. The molecule has 2 fully saturated rings. The largest absolute Gasteiger partial charge is 0.396 e. The van der Waals surface area contributed by atoms with Gasteiger partial charge in [-0.3, -0.25) is 9.80 Å². The van der Waals surface area contributed by atoms with Gasteiger partial charge in [0.1, 0.15) is 5.82 Å². The highest BCUT2D eigenvalue weighted by atomic mass is 16.3. The van der Waals surface area contributed by atoms with Crippen molar-refractivity contribution in [1.82, 2.24) is 24.8 Å². The van der Waals surface area contributed by atoms with Gasteiger partial charge in [-0.15, -0.1) is 0 Å². The molecule has 0 atom stereocenters. The predicted molar refractivity (Wildman–Crippen MR) is 138 cm³/mol. The number of aromatic nitrogens is 3. The molecule has 0 unspecified atom stereocenters. The summed E-state index contributed by atoms with van der Waals surface area (Å²) in [6, 6.07) is 7.87. The molecular formula is C25H43N7O2. The van der Waals surface area contributed by atoms with Gasteiger partial charge in [0.2, 0.25) is 5.95 Å². The summed E-state index contributed by atoms with van der Waals surface area (Å²) in [6.07, 6.45) is 7.14. The Labute approximate surface area is 205 Å². The minimum absolute atomic E-state index is 0.280. The Balaban J connectivity index is 0.000000224. The van der Waals surface area contributed by atoms with Crippen molar-refractivity contribution in [3.63, 3.8) is 0 Å². The Bertz CT molecular complexity index is 659. The fourth-order valence-electron chi connectivity index (χ4n) is 3.96. The molecule has 2 aromatic rings. The first-order valence-electron chi connectivity index (χ1n) is 12.6. The first-order chi connectivity index (χ1) is 16.8. The second-order valence-corrected chi connectivity index (χ2v) is 8.05. The third-order valence-corrected chi connectivity index (χ3v) is 5.82. The Kier molecular flexibility index (Phi) is 14.1. The van der Waals surface area contributed by atoms with Crippen LogP contribution in [-0.2, 0) is 0 Å². The molecule has 4 heterocycles. The predicted octanol–water partition coefficient (Wildman–Crippen LogP) is 1.59. The maximum Gasteiger partial charge on any atom is 0.225 e. The lowest BCUT2D eigenvalue weighted by atomic mass is 10.3. The second-order valence-electron chi connectivity index (χ2n) is 8.05. The standard InChI is InChI=1S/C12H19N3O.C11H18N4O.C2H6/c16-11-3-6-14-7-9-15(10-8-14)12-4-1-2-5-13-12;16-10-2-5-14-6-8-15(9-7-14)11-12-3-1-4-13-11;1-2/h1-2,4-5,16H,3,6-11H2;1,3-4,16H,2,5-10H2;1-2H3. The van der Waals surface area contributed by atoms with Crippen molar-refractivity contribution in [1.29, 1.82) is 0 Å². The highest BCUT2D eigenvalue weighted by molar-refractivity contribution is 5.38. The Hall–Kier alpha value is -2.33. The van der Waals surface area contributed by atoms with Gasteiger partial charge in [0, 0.05) is 97.3 Å². The summed E-state index contributed by atoms with van der Waals surface area (Å²) in [5, 5.41) is 17.5. The topological polar surface area (TPSA) is 92.1 Å². The lowest BCUT2D eigenvalue weighted by molar-refractivity contribution is 0.215. The number of piperazine rings is 2. The van der Waals surface area contributed by atoms with Gasteiger partial charge in [-0.25, -0.2) is 15.0 Å². The molecule has 4 rings (SSSR count). The number of hydrogen-bond acceptors (Lipinski definition) is 9. The monoisotopic (exact) mass is 473 g/mol. The SMILES string of the molecule is CC.OCCCN1CCN(c2ccccn2)CC1.OCCCN1CCN(c2ncccn2)CC1. The first-order valence-corrected chi connectivity index (χ1v) is 12.6. The third kappa shape index (κ3) is 9.89. The Morgan fingerprint density at radius 1 is 0.647 bits per heavy atom. The fraction of sp³-hybridized carbons (Fsp3) is 0.640. The van der Waals surface area contributed by atoms with Crippen LogP contribution in [0, 0.1) is 0 Å². The van der Waals surface area contributed by atoms with Gasteiger partial charge in [0.05, 0.1) is 0 Å². The van der Waals surface area contributed by atoms with Crippen LogP contribution < -0.4 is 9.80 Å². The lowest BCUT2D eigenvalue weighted by Crippen LogP contribution is -2.47. The molecule has 190 valence electrons. The molecule has 0 amide bonds. The Morgan fingerprint density at radius 3 is 1.62 bits per heavy atom. The maximum atomic E-state index is 8.78. The van der Waals surface area contributed by atoms with E-state index in [1.54, 1.807) is 12.4 Å². The molecule has 0 bridgehead atoms. The van der Waals surface area contributed by atoms with E-state index in [1.165, 1.54) is 0 Å². The molecule has 2 aromatic heterocycles. The van der Waals surface area contributed by atoms with Crippen molar-refractivity contribution in [3.8, 4) is 0 Å². The van der Waals surface area contributed by atoms with E-state index in [9.17, 15) is 0 Å². The van der Waals surface area contributed by atoms with Crippen LogP contribution in [0.5, 0.6) is 0 Å². The van der Waals surface area contributed by atoms with Crippen molar-refractivity contribution in [2.75, 3.05) is 88.5 Å². The first kappa shape index (κ1) is 27.9. The molecular weight excluding hydrogens is 430 g/mol. The van der Waals surface area contributed by atoms with E-state index in [1.807, 2.05) is 38.2 Å². The number of aliphatic hydroxyl groups excluding tert-OH is 2. The van der Waals surface area contributed by atoms with Crippen molar-refractivity contribution < 1.29 is 10.2 Å². The average molecular weight is 474 g/mol. The zero-order chi connectivity index (χ0) is 24.4. The van der Waals surface area contributed by atoms with Crippen LogP contribution in [0.2, 0.25) is 0 Å². The van der Waals surface area contributed by atoms with E-state index in [0.717, 1.165) is 90.1 Å². The van der Waals surface area contributed by atoms with Crippen molar-refractivity contribution in [3.05, 3.63) is 42.9 Å². The molecule has 2 aliphatic rings. The van der Waals surface area contributed by atoms with E-state index in [-0.39, 0.29) is 6.61 Å². The fourth-order valence-corrected chi connectivity index (χ4v) is 3.96. The summed E-state index contributed by atoms with van der Waals surface area (Å²) >= 11 is 0. The van der Waals surface area contributed by atoms with E-state index in [4.69, 9.17) is 10.2 Å². The third-order valence-electron chi connectivity index (χ3n) is 5.82. The van der Waals surface area contributed by atoms with Crippen molar-refractivity contribution in [2.24, 2.45) is 0 Å². The normalized spacial score (nSPS) is 16.8. The highest BCUT2D eigenvalue weighted by Gasteiger charge is 2.18. The average Bonchev–Trinajstić information content (AvgIpc) is 2.94. The van der Waals surface area contributed by atoms with Crippen LogP contribution in [0.25, 0.3) is 0 Å². The van der Waals surface area contributed by atoms with Crippen molar-refractivity contribution >= 4 is 11.8 Å². The van der Waals surface area contributed by atoms with Gasteiger partial charge >= 0.3 is 0 Å². The van der Waals surface area contributed by atoms with Crippen LogP contribution in [0.1, 0.15) is 26.7 Å². The van der Waals surface area contributed by atoms with Crippen LogP contribution in [-0.4, -0.2) is 114 Å². The van der Waals surface area contributed by atoms with Crippen LogP contribution in [0.3, 0.4) is 0 Å². The Morgan fingerprint density at radius 2 is 1.15 bits per heavy atom. The van der Waals surface area contributed by atoms with E-state index < -0.39 is 0 Å². The maximum absolute atomic E-state index is 8.78. The van der Waals surface area contributed by atoms with Crippen LogP contribution >= 0.6 is 0 Å². The zero-order valence-corrected chi connectivity index (χ0v) is 21.0. The molecule has 34 heavy (non-hydrogen) atoms. The summed E-state index contributed by atoms with van der Waals surface area (Å²) in [7, 11) is 0. The summed E-state index contributed by atoms with van der Waals surface area (Å²) in [5.41, 5.74) is 0. The molecule has 2 N–H and O–H groups in total. The number of rotatable bonds is 8. The molecule has 0 radical (unpaired) electrons. The number of hydrogen-bond donors (Lipinski definition) is 2. The zero-order valence-electron chi connectivity index (χ0n) is 21.0. The smallest absolute Gasteiger partial charge is 0.225 e. The highest BCUT2D eigenvalue weighted by Crippen LogP contribution is 2.12. The second kappa shape index (κ2) is 17.2. The summed E-state index contributed by atoms with van der Waals surface area (Å²) in [5.74, 6) is 1.90. The van der Waals surface area contributed by atoms with Gasteiger partial charge in [-0.05, 0) is 31.0 Å². The minimum Gasteiger partial charge on any atom is -0.396 e. The molecule has 2 aliphatic heterocycles. The summed E-state index contributed by atoms with van der Waals surface area (Å²) in [4.78, 5) is 22.1. The van der Waals surface area contributed by atoms with Gasteiger partial charge < -0.3 is 20.0 Å².